The first-order valence-corrected chi connectivity index (χ1v) is 14.0. The van der Waals surface area contributed by atoms with Crippen molar-refractivity contribution in [1.82, 2.24) is 14.2 Å². The lowest BCUT2D eigenvalue weighted by Crippen LogP contribution is -2.37. The van der Waals surface area contributed by atoms with Crippen molar-refractivity contribution in [2.45, 2.75) is 23.8 Å². The number of aryl methyl sites for hydroxylation is 1. The Morgan fingerprint density at radius 1 is 1.06 bits per heavy atom. The number of para-hydroxylation sites is 1. The highest BCUT2D eigenvalue weighted by molar-refractivity contribution is 7.92. The zero-order valence-corrected chi connectivity index (χ0v) is 20.7. The third-order valence-corrected chi connectivity index (χ3v) is 9.47. The number of nitrogens with zero attached hydrogens (tertiary/aromatic N) is 3. The Kier molecular flexibility index (Phi) is 6.54. The molecule has 0 spiro atoms. The van der Waals surface area contributed by atoms with Gasteiger partial charge >= 0.3 is 0 Å². The van der Waals surface area contributed by atoms with Gasteiger partial charge in [-0.25, -0.2) is 21.6 Å². The van der Waals surface area contributed by atoms with Crippen LogP contribution in [0.3, 0.4) is 0 Å². The third kappa shape index (κ3) is 4.79. The molecular weight excluding hydrogens is 460 g/mol. The van der Waals surface area contributed by atoms with Gasteiger partial charge in [-0.05, 0) is 62.8 Å². The van der Waals surface area contributed by atoms with Crippen LogP contribution in [0.5, 0.6) is 0 Å². The number of anilines is 1. The average Bonchev–Trinajstić information content (AvgIpc) is 3.10. The molecule has 33 heavy (non-hydrogen) atoms. The lowest BCUT2D eigenvalue weighted by atomic mass is 10.1. The number of sulfonamides is 2. The smallest absolute Gasteiger partial charge is 0.240 e. The van der Waals surface area contributed by atoms with E-state index >= 15 is 0 Å². The van der Waals surface area contributed by atoms with Gasteiger partial charge in [-0.2, -0.15) is 0 Å². The molecule has 3 aromatic rings. The fourth-order valence-electron chi connectivity index (χ4n) is 4.35. The summed E-state index contributed by atoms with van der Waals surface area (Å²) in [7, 11) is -1.28. The molecule has 1 fully saturated rings. The number of hydrogen-bond acceptors (Lipinski definition) is 5. The molecule has 1 aromatic heterocycles. The number of hydrogen-bond donors (Lipinski definition) is 1. The standard InChI is InChI=1S/C23H30N4O4S2/c1-25(2)23(21-17-26(3)22-9-5-4-8-20(21)22)16-24-33(30,31)19-12-10-18(11-13-19)27-14-6-7-15-32(27,28)29/h4-5,8-13,17,23-24H,6-7,14-16H2,1-3H3. The van der Waals surface area contributed by atoms with Gasteiger partial charge < -0.3 is 9.47 Å². The summed E-state index contributed by atoms with van der Waals surface area (Å²) < 4.78 is 56.8. The second kappa shape index (κ2) is 9.09. The number of aromatic nitrogens is 1. The Hall–Kier alpha value is -2.40. The Morgan fingerprint density at radius 2 is 1.76 bits per heavy atom. The zero-order chi connectivity index (χ0) is 23.8. The Bertz CT molecular complexity index is 1350. The van der Waals surface area contributed by atoms with Crippen LogP contribution in [0.25, 0.3) is 10.9 Å². The lowest BCUT2D eigenvalue weighted by molar-refractivity contribution is 0.301. The fourth-order valence-corrected chi connectivity index (χ4v) is 7.03. The van der Waals surface area contributed by atoms with E-state index in [1.54, 1.807) is 12.1 Å². The molecule has 2 aromatic carbocycles. The minimum Gasteiger partial charge on any atom is -0.350 e. The summed E-state index contributed by atoms with van der Waals surface area (Å²) in [6, 6.07) is 13.9. The van der Waals surface area contributed by atoms with Gasteiger partial charge in [-0.3, -0.25) is 4.31 Å². The van der Waals surface area contributed by atoms with E-state index in [2.05, 4.69) is 4.72 Å². The normalized spacial score (nSPS) is 17.5. The quantitative estimate of drug-likeness (QED) is 0.550. The maximum absolute atomic E-state index is 13.0. The second-order valence-corrected chi connectivity index (χ2v) is 12.4. The largest absolute Gasteiger partial charge is 0.350 e. The van der Waals surface area contributed by atoms with Gasteiger partial charge in [0.15, 0.2) is 0 Å². The van der Waals surface area contributed by atoms with Crippen molar-refractivity contribution < 1.29 is 16.8 Å². The Labute approximate surface area is 195 Å². The molecule has 0 bridgehead atoms. The topological polar surface area (TPSA) is 91.7 Å². The van der Waals surface area contributed by atoms with E-state index < -0.39 is 20.0 Å². The van der Waals surface area contributed by atoms with Gasteiger partial charge in [0.05, 0.1) is 16.3 Å². The van der Waals surface area contributed by atoms with Crippen LogP contribution >= 0.6 is 0 Å². The minimum atomic E-state index is -3.77. The first kappa shape index (κ1) is 23.7. The zero-order valence-electron chi connectivity index (χ0n) is 19.1. The van der Waals surface area contributed by atoms with E-state index in [0.717, 1.165) is 22.9 Å². The van der Waals surface area contributed by atoms with E-state index in [1.807, 2.05) is 61.1 Å². The highest BCUT2D eigenvalue weighted by atomic mass is 32.2. The monoisotopic (exact) mass is 490 g/mol. The van der Waals surface area contributed by atoms with E-state index in [1.165, 1.54) is 16.4 Å². The van der Waals surface area contributed by atoms with Crippen molar-refractivity contribution in [2.75, 3.05) is 37.2 Å². The van der Waals surface area contributed by atoms with Crippen molar-refractivity contribution in [3.05, 3.63) is 60.3 Å². The van der Waals surface area contributed by atoms with Gasteiger partial charge in [0.1, 0.15) is 0 Å². The summed E-state index contributed by atoms with van der Waals surface area (Å²) in [5, 5.41) is 1.09. The van der Waals surface area contributed by atoms with Gasteiger partial charge in [0.2, 0.25) is 20.0 Å². The maximum Gasteiger partial charge on any atom is 0.240 e. The summed E-state index contributed by atoms with van der Waals surface area (Å²) in [4.78, 5) is 2.10. The molecule has 2 heterocycles. The van der Waals surface area contributed by atoms with Crippen LogP contribution in [-0.4, -0.2) is 59.2 Å². The SMILES string of the molecule is CN(C)C(CNS(=O)(=O)c1ccc(N2CCCCS2(=O)=O)cc1)c1cn(C)c2ccccc12. The molecule has 0 amide bonds. The van der Waals surface area contributed by atoms with E-state index in [-0.39, 0.29) is 23.2 Å². The van der Waals surface area contributed by atoms with Gasteiger partial charge in [-0.15, -0.1) is 0 Å². The minimum absolute atomic E-state index is 0.107. The highest BCUT2D eigenvalue weighted by Crippen LogP contribution is 2.29. The number of nitrogens with one attached hydrogen (secondary N) is 1. The van der Waals surface area contributed by atoms with Crippen LogP contribution in [0.4, 0.5) is 5.69 Å². The number of benzene rings is 2. The molecule has 0 aliphatic carbocycles. The van der Waals surface area contributed by atoms with E-state index in [9.17, 15) is 16.8 Å². The summed E-state index contributed by atoms with van der Waals surface area (Å²) in [5.74, 6) is 0.120. The number of fused-ring (bicyclic) bond motifs is 1. The molecule has 10 heteroatoms. The molecule has 1 unspecified atom stereocenters. The molecule has 1 saturated heterocycles. The van der Waals surface area contributed by atoms with Gasteiger partial charge in [0, 0.05) is 43.3 Å². The van der Waals surface area contributed by atoms with Gasteiger partial charge in [-0.1, -0.05) is 18.2 Å². The van der Waals surface area contributed by atoms with Crippen LogP contribution in [0.1, 0.15) is 24.4 Å². The van der Waals surface area contributed by atoms with Crippen molar-refractivity contribution in [3.8, 4) is 0 Å². The molecule has 1 aliphatic rings. The summed E-state index contributed by atoms with van der Waals surface area (Å²) in [6.07, 6.45) is 3.48. The van der Waals surface area contributed by atoms with Crippen molar-refractivity contribution in [1.29, 1.82) is 0 Å². The molecule has 1 aliphatic heterocycles. The van der Waals surface area contributed by atoms with E-state index in [0.29, 0.717) is 18.7 Å². The predicted molar refractivity (Wildman–Crippen MR) is 131 cm³/mol. The van der Waals surface area contributed by atoms with Crippen molar-refractivity contribution in [3.63, 3.8) is 0 Å². The average molecular weight is 491 g/mol. The Balaban J connectivity index is 1.54. The first-order chi connectivity index (χ1) is 15.6. The molecule has 0 saturated carbocycles. The van der Waals surface area contributed by atoms with Crippen LogP contribution in [0, 0.1) is 0 Å². The third-order valence-electron chi connectivity index (χ3n) is 6.16. The molecule has 1 atom stereocenters. The molecule has 178 valence electrons. The fraction of sp³-hybridized carbons (Fsp3) is 0.391. The second-order valence-electron chi connectivity index (χ2n) is 8.63. The molecule has 0 radical (unpaired) electrons. The van der Waals surface area contributed by atoms with E-state index in [4.69, 9.17) is 0 Å². The first-order valence-electron chi connectivity index (χ1n) is 10.9. The molecule has 1 N–H and O–H groups in total. The van der Waals surface area contributed by atoms with Crippen molar-refractivity contribution in [2.24, 2.45) is 7.05 Å². The Morgan fingerprint density at radius 3 is 2.42 bits per heavy atom. The number of likely N-dealkylation sites (N-methyl/N-ethyl adjacent to an activating group) is 1. The molecule has 8 nitrogen and oxygen atoms in total. The number of rotatable bonds is 7. The highest BCUT2D eigenvalue weighted by Gasteiger charge is 2.27. The predicted octanol–water partition coefficient (Wildman–Crippen LogP) is 2.69. The molecular formula is C23H30N4O4S2. The summed E-state index contributed by atoms with van der Waals surface area (Å²) in [6.45, 7) is 0.619. The molecule has 4 rings (SSSR count). The summed E-state index contributed by atoms with van der Waals surface area (Å²) in [5.41, 5.74) is 2.63. The maximum atomic E-state index is 13.0. The van der Waals surface area contributed by atoms with Gasteiger partial charge in [0.25, 0.3) is 0 Å². The van der Waals surface area contributed by atoms with Crippen LogP contribution in [0.15, 0.2) is 59.6 Å². The van der Waals surface area contributed by atoms with Crippen molar-refractivity contribution >= 4 is 36.6 Å². The van der Waals surface area contributed by atoms with Crippen LogP contribution in [0.2, 0.25) is 0 Å². The lowest BCUT2D eigenvalue weighted by Gasteiger charge is -2.28. The summed E-state index contributed by atoms with van der Waals surface area (Å²) >= 11 is 0. The van der Waals surface area contributed by atoms with Crippen LogP contribution in [-0.2, 0) is 27.1 Å². The van der Waals surface area contributed by atoms with Crippen LogP contribution < -0.4 is 9.03 Å².